The minimum absolute atomic E-state index is 0.213. The van der Waals surface area contributed by atoms with Gasteiger partial charge in [0.2, 0.25) is 0 Å². The molecule has 6 heteroatoms. The van der Waals surface area contributed by atoms with E-state index in [1.807, 2.05) is 0 Å². The van der Waals surface area contributed by atoms with E-state index in [0.717, 1.165) is 12.8 Å². The van der Waals surface area contributed by atoms with Crippen molar-refractivity contribution in [2.45, 2.75) is 102 Å². The minimum Gasteiger partial charge on any atom is -0.380 e. The SMILES string of the molecule is CCCCCCCCCCCCCCCCOCC(Cl)CP(=O)(O)O. The fraction of sp³-hybridized carbons (Fsp3) is 1.00. The van der Waals surface area contributed by atoms with Gasteiger partial charge in [0.15, 0.2) is 0 Å². The summed E-state index contributed by atoms with van der Waals surface area (Å²) in [5.74, 6) is 0. The molecule has 0 saturated carbocycles. The Morgan fingerprint density at radius 2 is 1.20 bits per heavy atom. The summed E-state index contributed by atoms with van der Waals surface area (Å²) >= 11 is 5.81. The lowest BCUT2D eigenvalue weighted by atomic mass is 10.0. The Morgan fingerprint density at radius 1 is 0.800 bits per heavy atom. The fourth-order valence-corrected chi connectivity index (χ4v) is 4.17. The highest BCUT2D eigenvalue weighted by molar-refractivity contribution is 7.51. The van der Waals surface area contributed by atoms with Gasteiger partial charge in [-0.05, 0) is 6.42 Å². The van der Waals surface area contributed by atoms with Crippen LogP contribution >= 0.6 is 19.2 Å². The van der Waals surface area contributed by atoms with E-state index in [4.69, 9.17) is 26.1 Å². The van der Waals surface area contributed by atoms with E-state index < -0.39 is 13.0 Å². The van der Waals surface area contributed by atoms with Gasteiger partial charge in [0.25, 0.3) is 0 Å². The van der Waals surface area contributed by atoms with Crippen molar-refractivity contribution in [1.82, 2.24) is 0 Å². The van der Waals surface area contributed by atoms with Crippen LogP contribution in [0.15, 0.2) is 0 Å². The molecule has 1 unspecified atom stereocenters. The summed E-state index contributed by atoms with van der Waals surface area (Å²) < 4.78 is 16.1. The largest absolute Gasteiger partial charge is 0.380 e. The lowest BCUT2D eigenvalue weighted by Crippen LogP contribution is -2.14. The van der Waals surface area contributed by atoms with Crippen LogP contribution in [0.1, 0.15) is 96.8 Å². The van der Waals surface area contributed by atoms with Gasteiger partial charge in [-0.1, -0.05) is 90.4 Å². The molecular weight excluding hydrogens is 359 g/mol. The summed E-state index contributed by atoms with van der Waals surface area (Å²) in [6.07, 6.45) is 18.2. The molecule has 0 rings (SSSR count). The smallest absolute Gasteiger partial charge is 0.327 e. The molecule has 25 heavy (non-hydrogen) atoms. The van der Waals surface area contributed by atoms with Gasteiger partial charge in [-0.2, -0.15) is 0 Å². The summed E-state index contributed by atoms with van der Waals surface area (Å²) in [6.45, 7) is 3.10. The second-order valence-electron chi connectivity index (χ2n) is 7.12. The maximum absolute atomic E-state index is 10.8. The molecule has 0 aromatic heterocycles. The van der Waals surface area contributed by atoms with Crippen molar-refractivity contribution in [2.24, 2.45) is 0 Å². The van der Waals surface area contributed by atoms with Crippen LogP contribution in [0.3, 0.4) is 0 Å². The first-order valence-corrected chi connectivity index (χ1v) is 12.5. The maximum atomic E-state index is 10.8. The monoisotopic (exact) mass is 398 g/mol. The summed E-state index contributed by atoms with van der Waals surface area (Å²) in [7, 11) is -4.03. The van der Waals surface area contributed by atoms with Crippen LogP contribution in [0.25, 0.3) is 0 Å². The second-order valence-corrected chi connectivity index (χ2v) is 9.43. The third-order valence-corrected chi connectivity index (χ3v) is 5.79. The van der Waals surface area contributed by atoms with Crippen LogP contribution in [0.2, 0.25) is 0 Å². The number of unbranched alkanes of at least 4 members (excludes halogenated alkanes) is 13. The van der Waals surface area contributed by atoms with Gasteiger partial charge in [-0.3, -0.25) is 4.57 Å². The average Bonchev–Trinajstić information content (AvgIpc) is 2.53. The Morgan fingerprint density at radius 3 is 1.60 bits per heavy atom. The quantitative estimate of drug-likeness (QED) is 0.153. The lowest BCUT2D eigenvalue weighted by Gasteiger charge is -2.11. The van der Waals surface area contributed by atoms with Crippen molar-refractivity contribution < 1.29 is 19.1 Å². The summed E-state index contributed by atoms with van der Waals surface area (Å²) in [4.78, 5) is 17.6. The zero-order valence-corrected chi connectivity index (χ0v) is 17.8. The molecule has 0 radical (unpaired) electrons. The Kier molecular flexibility index (Phi) is 18.1. The van der Waals surface area contributed by atoms with Gasteiger partial charge in [0, 0.05) is 6.61 Å². The molecule has 1 atom stereocenters. The van der Waals surface area contributed by atoms with E-state index in [1.165, 1.54) is 77.0 Å². The van der Waals surface area contributed by atoms with E-state index in [0.29, 0.717) is 6.61 Å². The topological polar surface area (TPSA) is 66.8 Å². The van der Waals surface area contributed by atoms with E-state index in [2.05, 4.69) is 6.92 Å². The Labute approximate surface area is 160 Å². The minimum atomic E-state index is -4.03. The van der Waals surface area contributed by atoms with Gasteiger partial charge in [0.05, 0.1) is 18.1 Å². The Balaban J connectivity index is 3.13. The van der Waals surface area contributed by atoms with E-state index in [1.54, 1.807) is 0 Å². The van der Waals surface area contributed by atoms with Crippen LogP contribution in [0.5, 0.6) is 0 Å². The van der Waals surface area contributed by atoms with Gasteiger partial charge in [-0.25, -0.2) is 0 Å². The van der Waals surface area contributed by atoms with E-state index >= 15 is 0 Å². The highest BCUT2D eigenvalue weighted by Gasteiger charge is 2.19. The fourth-order valence-electron chi connectivity index (χ4n) is 2.92. The molecule has 0 aromatic carbocycles. The number of ether oxygens (including phenoxy) is 1. The van der Waals surface area contributed by atoms with Crippen molar-refractivity contribution in [1.29, 1.82) is 0 Å². The number of hydrogen-bond donors (Lipinski definition) is 2. The van der Waals surface area contributed by atoms with Crippen molar-refractivity contribution >= 4 is 19.2 Å². The van der Waals surface area contributed by atoms with Crippen molar-refractivity contribution in [3.63, 3.8) is 0 Å². The van der Waals surface area contributed by atoms with Crippen LogP contribution in [-0.2, 0) is 9.30 Å². The molecule has 0 aliphatic carbocycles. The first kappa shape index (κ1) is 25.4. The van der Waals surface area contributed by atoms with Crippen LogP contribution in [0.4, 0.5) is 0 Å². The zero-order valence-electron chi connectivity index (χ0n) is 16.1. The van der Waals surface area contributed by atoms with Crippen molar-refractivity contribution in [3.8, 4) is 0 Å². The van der Waals surface area contributed by atoms with Crippen LogP contribution in [0, 0.1) is 0 Å². The highest BCUT2D eigenvalue weighted by Crippen LogP contribution is 2.36. The lowest BCUT2D eigenvalue weighted by molar-refractivity contribution is 0.132. The predicted octanol–water partition coefficient (Wildman–Crippen LogP) is 6.27. The zero-order chi connectivity index (χ0) is 18.8. The van der Waals surface area contributed by atoms with E-state index in [9.17, 15) is 4.57 Å². The molecule has 0 saturated heterocycles. The van der Waals surface area contributed by atoms with Crippen LogP contribution < -0.4 is 0 Å². The molecule has 0 heterocycles. The Bertz CT molecular complexity index is 323. The molecule has 2 N–H and O–H groups in total. The van der Waals surface area contributed by atoms with E-state index in [-0.39, 0.29) is 12.8 Å². The molecule has 0 bridgehead atoms. The van der Waals surface area contributed by atoms with Crippen molar-refractivity contribution in [3.05, 3.63) is 0 Å². The first-order valence-electron chi connectivity index (χ1n) is 10.2. The summed E-state index contributed by atoms with van der Waals surface area (Å²) in [6, 6.07) is 0. The number of hydrogen-bond acceptors (Lipinski definition) is 2. The maximum Gasteiger partial charge on any atom is 0.327 e. The molecule has 0 aromatic rings. The predicted molar refractivity (Wildman–Crippen MR) is 108 cm³/mol. The van der Waals surface area contributed by atoms with Gasteiger partial charge < -0.3 is 14.5 Å². The van der Waals surface area contributed by atoms with Crippen molar-refractivity contribution in [2.75, 3.05) is 19.4 Å². The second kappa shape index (κ2) is 17.8. The molecule has 0 spiro atoms. The van der Waals surface area contributed by atoms with Crippen LogP contribution in [-0.4, -0.2) is 34.5 Å². The molecule has 152 valence electrons. The third kappa shape index (κ3) is 22.4. The highest BCUT2D eigenvalue weighted by atomic mass is 35.5. The molecule has 0 amide bonds. The normalized spacial score (nSPS) is 13.3. The molecule has 4 nitrogen and oxygen atoms in total. The molecule has 0 aliphatic heterocycles. The third-order valence-electron chi connectivity index (χ3n) is 4.38. The number of rotatable bonds is 19. The summed E-state index contributed by atoms with van der Waals surface area (Å²) in [5.41, 5.74) is 0. The average molecular weight is 399 g/mol. The standard InChI is InChI=1S/C19H40ClO4P/c1-2-3-4-5-6-7-8-9-10-11-12-13-14-15-16-24-17-19(20)18-25(21,22)23/h19H,2-18H2,1H3,(H2,21,22,23). The molecule has 0 aliphatic rings. The van der Waals surface area contributed by atoms with Gasteiger partial charge in [0.1, 0.15) is 0 Å². The molecular formula is C19H40ClO4P. The van der Waals surface area contributed by atoms with Gasteiger partial charge >= 0.3 is 7.60 Å². The summed E-state index contributed by atoms with van der Waals surface area (Å²) in [5, 5.41) is -0.604. The number of halogens is 1. The first-order chi connectivity index (χ1) is 12.0. The number of alkyl halides is 1. The Hall–Kier alpha value is 0.400. The van der Waals surface area contributed by atoms with Gasteiger partial charge in [-0.15, -0.1) is 11.6 Å². The molecule has 0 fully saturated rings.